The van der Waals surface area contributed by atoms with Crippen LogP contribution >= 0.6 is 0 Å². The van der Waals surface area contributed by atoms with E-state index in [-0.39, 0.29) is 17.5 Å². The number of aryl methyl sites for hydroxylation is 1. The largest absolute Gasteiger partial charge is 0.504 e. The van der Waals surface area contributed by atoms with Gasteiger partial charge in [-0.25, -0.2) is 4.39 Å². The molecule has 0 aromatic heterocycles. The van der Waals surface area contributed by atoms with E-state index in [1.165, 1.54) is 12.1 Å². The number of phenols is 3. The molecule has 2 aromatic carbocycles. The zero-order chi connectivity index (χ0) is 16.3. The van der Waals surface area contributed by atoms with Crippen molar-refractivity contribution < 1.29 is 19.7 Å². The lowest BCUT2D eigenvalue weighted by atomic mass is 9.89. The van der Waals surface area contributed by atoms with Gasteiger partial charge in [0.25, 0.3) is 0 Å². The average molecular weight is 294 g/mol. The van der Waals surface area contributed by atoms with Gasteiger partial charge in [0.1, 0.15) is 5.82 Å². The van der Waals surface area contributed by atoms with Gasteiger partial charge in [0, 0.05) is 10.9 Å². The van der Waals surface area contributed by atoms with Crippen LogP contribution < -0.4 is 0 Å². The maximum Gasteiger partial charge on any atom is 0.201 e. The van der Waals surface area contributed by atoms with Crippen LogP contribution in [0.4, 0.5) is 4.39 Å². The fourth-order valence-corrected chi connectivity index (χ4v) is 2.52. The van der Waals surface area contributed by atoms with Crippen LogP contribution in [0.2, 0.25) is 0 Å². The smallest absolute Gasteiger partial charge is 0.201 e. The van der Waals surface area contributed by atoms with E-state index in [9.17, 15) is 19.7 Å². The third-order valence-electron chi connectivity index (χ3n) is 3.41. The van der Waals surface area contributed by atoms with Crippen molar-refractivity contribution >= 4 is 10.8 Å². The van der Waals surface area contributed by atoms with Gasteiger partial charge >= 0.3 is 0 Å². The van der Waals surface area contributed by atoms with Gasteiger partial charge in [0.15, 0.2) is 11.5 Å². The summed E-state index contributed by atoms with van der Waals surface area (Å²) in [7, 11) is 0. The first-order valence-electron chi connectivity index (χ1n) is 7.27. The zero-order valence-electron chi connectivity index (χ0n) is 13.2. The minimum Gasteiger partial charge on any atom is -0.504 e. The lowest BCUT2D eigenvalue weighted by Crippen LogP contribution is -1.98. The standard InChI is InChI=1S/C15H17FO3.C2H6/c1-4-8-10(16)6-5-9-12(8)11(7(2)3)14(18)15(19)13(9)17;1-2/h5-7,17-19H,4H2,1-3H3;1-2H3. The van der Waals surface area contributed by atoms with Crippen LogP contribution in [0.25, 0.3) is 10.8 Å². The molecule has 21 heavy (non-hydrogen) atoms. The van der Waals surface area contributed by atoms with Crippen molar-refractivity contribution in [3.05, 3.63) is 29.1 Å². The molecular weight excluding hydrogens is 271 g/mol. The lowest BCUT2D eigenvalue weighted by molar-refractivity contribution is 0.367. The third-order valence-corrected chi connectivity index (χ3v) is 3.41. The molecule has 0 saturated heterocycles. The molecule has 0 saturated carbocycles. The van der Waals surface area contributed by atoms with E-state index in [0.717, 1.165) is 0 Å². The number of halogens is 1. The molecule has 2 rings (SSSR count). The highest BCUT2D eigenvalue weighted by Gasteiger charge is 2.23. The zero-order valence-corrected chi connectivity index (χ0v) is 13.2. The number of benzene rings is 2. The second-order valence-corrected chi connectivity index (χ2v) is 4.92. The second-order valence-electron chi connectivity index (χ2n) is 4.92. The molecule has 3 N–H and O–H groups in total. The fourth-order valence-electron chi connectivity index (χ4n) is 2.52. The van der Waals surface area contributed by atoms with E-state index in [1.807, 2.05) is 34.6 Å². The minimum atomic E-state index is -0.551. The summed E-state index contributed by atoms with van der Waals surface area (Å²) >= 11 is 0. The normalized spacial score (nSPS) is 10.6. The molecule has 0 heterocycles. The van der Waals surface area contributed by atoms with Crippen molar-refractivity contribution in [3.63, 3.8) is 0 Å². The van der Waals surface area contributed by atoms with Gasteiger partial charge in [0.05, 0.1) is 0 Å². The number of hydrogen-bond donors (Lipinski definition) is 3. The monoisotopic (exact) mass is 294 g/mol. The predicted molar refractivity (Wildman–Crippen MR) is 83.7 cm³/mol. The van der Waals surface area contributed by atoms with Crippen molar-refractivity contribution in [1.29, 1.82) is 0 Å². The summed E-state index contributed by atoms with van der Waals surface area (Å²) in [5.41, 5.74) is 0.897. The summed E-state index contributed by atoms with van der Waals surface area (Å²) in [4.78, 5) is 0. The Hall–Kier alpha value is -1.97. The highest BCUT2D eigenvalue weighted by molar-refractivity contribution is 5.98. The Morgan fingerprint density at radius 3 is 2.05 bits per heavy atom. The lowest BCUT2D eigenvalue weighted by Gasteiger charge is -2.18. The average Bonchev–Trinajstić information content (AvgIpc) is 2.47. The topological polar surface area (TPSA) is 60.7 Å². The maximum absolute atomic E-state index is 13.9. The first-order chi connectivity index (χ1) is 9.90. The second kappa shape index (κ2) is 6.66. The summed E-state index contributed by atoms with van der Waals surface area (Å²) in [6.07, 6.45) is 0.437. The van der Waals surface area contributed by atoms with Crippen molar-refractivity contribution in [2.45, 2.75) is 47.0 Å². The van der Waals surface area contributed by atoms with Crippen LogP contribution in [-0.4, -0.2) is 15.3 Å². The summed E-state index contributed by atoms with van der Waals surface area (Å²) in [6.45, 7) is 9.49. The predicted octanol–water partition coefficient (Wildman–Crippen LogP) is 4.81. The molecule has 0 fully saturated rings. The minimum absolute atomic E-state index is 0.110. The van der Waals surface area contributed by atoms with Crippen LogP contribution in [0.1, 0.15) is 51.7 Å². The number of rotatable bonds is 2. The molecule has 0 aliphatic rings. The Labute approximate surface area is 124 Å². The van der Waals surface area contributed by atoms with Gasteiger partial charge in [0.2, 0.25) is 5.75 Å². The van der Waals surface area contributed by atoms with Gasteiger partial charge in [-0.1, -0.05) is 34.6 Å². The number of fused-ring (bicyclic) bond motifs is 1. The van der Waals surface area contributed by atoms with E-state index in [1.54, 1.807) is 0 Å². The number of aromatic hydroxyl groups is 3. The molecule has 0 amide bonds. The van der Waals surface area contributed by atoms with Crippen molar-refractivity contribution in [3.8, 4) is 17.2 Å². The molecule has 3 nitrogen and oxygen atoms in total. The van der Waals surface area contributed by atoms with Gasteiger partial charge in [-0.05, 0) is 35.4 Å². The number of phenolic OH excluding ortho intramolecular Hbond substituents is 3. The van der Waals surface area contributed by atoms with Crippen LogP contribution in [0, 0.1) is 5.82 Å². The van der Waals surface area contributed by atoms with E-state index < -0.39 is 11.5 Å². The van der Waals surface area contributed by atoms with Gasteiger partial charge in [-0.15, -0.1) is 0 Å². The van der Waals surface area contributed by atoms with Crippen LogP contribution in [0.15, 0.2) is 12.1 Å². The molecule has 0 atom stereocenters. The molecule has 0 spiro atoms. The van der Waals surface area contributed by atoms with Crippen LogP contribution in [-0.2, 0) is 6.42 Å². The summed E-state index contributed by atoms with van der Waals surface area (Å²) in [5.74, 6) is -1.82. The van der Waals surface area contributed by atoms with Gasteiger partial charge in [-0.3, -0.25) is 0 Å². The Kier molecular flexibility index (Phi) is 5.41. The van der Waals surface area contributed by atoms with E-state index in [4.69, 9.17) is 0 Å². The molecule has 0 aliphatic carbocycles. The molecule has 116 valence electrons. The van der Waals surface area contributed by atoms with Gasteiger partial charge in [-0.2, -0.15) is 0 Å². The molecule has 0 aliphatic heterocycles. The highest BCUT2D eigenvalue weighted by atomic mass is 19.1. The fraction of sp³-hybridized carbons (Fsp3) is 0.412. The molecule has 2 aromatic rings. The van der Waals surface area contributed by atoms with E-state index in [2.05, 4.69) is 0 Å². The molecule has 0 bridgehead atoms. The Balaban J connectivity index is 0.00000106. The Bertz CT molecular complexity index is 649. The molecular formula is C17H23FO3. The Morgan fingerprint density at radius 1 is 1.00 bits per heavy atom. The third kappa shape index (κ3) is 2.75. The first-order valence-corrected chi connectivity index (χ1v) is 7.27. The van der Waals surface area contributed by atoms with E-state index >= 15 is 0 Å². The van der Waals surface area contributed by atoms with Crippen molar-refractivity contribution in [2.24, 2.45) is 0 Å². The number of hydrogen-bond acceptors (Lipinski definition) is 3. The SMILES string of the molecule is CC.CCc1c(F)ccc2c(O)c(O)c(O)c(C(C)C)c12. The van der Waals surface area contributed by atoms with Crippen LogP contribution in [0.5, 0.6) is 17.2 Å². The maximum atomic E-state index is 13.9. The van der Waals surface area contributed by atoms with Crippen LogP contribution in [0.3, 0.4) is 0 Å². The highest BCUT2D eigenvalue weighted by Crippen LogP contribution is 2.48. The summed E-state index contributed by atoms with van der Waals surface area (Å²) < 4.78 is 13.9. The first kappa shape index (κ1) is 17.1. The Morgan fingerprint density at radius 2 is 1.57 bits per heavy atom. The molecule has 4 heteroatoms. The molecule has 0 unspecified atom stereocenters. The van der Waals surface area contributed by atoms with Crippen molar-refractivity contribution in [2.75, 3.05) is 0 Å². The van der Waals surface area contributed by atoms with Gasteiger partial charge < -0.3 is 15.3 Å². The quantitative estimate of drug-likeness (QED) is 0.697. The van der Waals surface area contributed by atoms with E-state index in [0.29, 0.717) is 28.3 Å². The van der Waals surface area contributed by atoms with Crippen molar-refractivity contribution in [1.82, 2.24) is 0 Å². The molecule has 0 radical (unpaired) electrons. The summed E-state index contributed by atoms with van der Waals surface area (Å²) in [6, 6.07) is 2.69. The summed E-state index contributed by atoms with van der Waals surface area (Å²) in [5, 5.41) is 30.6.